The fraction of sp³-hybridized carbons (Fsp3) is 0.727. The number of alkyl halides is 1. The van der Waals surface area contributed by atoms with Crippen LogP contribution in [0.4, 0.5) is 0 Å². The Hall–Kier alpha value is -0.440. The number of aromatic amines is 1. The molecule has 0 unspecified atom stereocenters. The standard InChI is InChI=1S/C11H19BrN4O2S/c1-10-11(9-13-14-10)19(17,18)16-5-2-4-15(6-3-12)7-8-16/h9H,2-8H2,1H3,(H,13,14). The predicted molar refractivity (Wildman–Crippen MR) is 76.9 cm³/mol. The van der Waals surface area contributed by atoms with Crippen LogP contribution in [0.2, 0.25) is 0 Å². The fourth-order valence-electron chi connectivity index (χ4n) is 2.27. The first kappa shape index (κ1) is 15.0. The lowest BCUT2D eigenvalue weighted by atomic mass is 10.4. The van der Waals surface area contributed by atoms with Gasteiger partial charge in [-0.3, -0.25) is 5.10 Å². The van der Waals surface area contributed by atoms with E-state index in [0.717, 1.165) is 31.4 Å². The summed E-state index contributed by atoms with van der Waals surface area (Å²) in [5, 5.41) is 7.41. The van der Waals surface area contributed by atoms with E-state index < -0.39 is 10.0 Å². The van der Waals surface area contributed by atoms with Crippen LogP contribution in [0.25, 0.3) is 0 Å². The molecule has 108 valence electrons. The van der Waals surface area contributed by atoms with Crippen LogP contribution in [0.1, 0.15) is 12.1 Å². The zero-order chi connectivity index (χ0) is 13.9. The summed E-state index contributed by atoms with van der Waals surface area (Å²) < 4.78 is 26.6. The first-order chi connectivity index (χ1) is 9.05. The maximum Gasteiger partial charge on any atom is 0.246 e. The minimum absolute atomic E-state index is 0.293. The summed E-state index contributed by atoms with van der Waals surface area (Å²) in [5.74, 6) is 0. The zero-order valence-electron chi connectivity index (χ0n) is 11.0. The number of hydrogen-bond acceptors (Lipinski definition) is 4. The quantitative estimate of drug-likeness (QED) is 0.815. The number of nitrogens with zero attached hydrogens (tertiary/aromatic N) is 3. The van der Waals surface area contributed by atoms with Crippen molar-refractivity contribution in [2.45, 2.75) is 18.2 Å². The van der Waals surface area contributed by atoms with Crippen LogP contribution >= 0.6 is 15.9 Å². The Labute approximate surface area is 122 Å². The van der Waals surface area contributed by atoms with Gasteiger partial charge in [0.05, 0.1) is 11.9 Å². The Kier molecular flexibility index (Phi) is 4.99. The van der Waals surface area contributed by atoms with Crippen molar-refractivity contribution in [3.63, 3.8) is 0 Å². The first-order valence-electron chi connectivity index (χ1n) is 6.34. The van der Waals surface area contributed by atoms with Gasteiger partial charge in [0.1, 0.15) is 4.90 Å². The molecule has 0 aromatic carbocycles. The number of aryl methyl sites for hydroxylation is 1. The van der Waals surface area contributed by atoms with E-state index in [-0.39, 0.29) is 0 Å². The van der Waals surface area contributed by atoms with Crippen LogP contribution in [0.5, 0.6) is 0 Å². The van der Waals surface area contributed by atoms with Crippen LogP contribution in [0.15, 0.2) is 11.1 Å². The summed E-state index contributed by atoms with van der Waals surface area (Å²) in [4.78, 5) is 2.58. The van der Waals surface area contributed by atoms with E-state index in [2.05, 4.69) is 31.0 Å². The summed E-state index contributed by atoms with van der Waals surface area (Å²) in [7, 11) is -3.41. The van der Waals surface area contributed by atoms with Crippen LogP contribution in [0, 0.1) is 6.92 Å². The van der Waals surface area contributed by atoms with Gasteiger partial charge in [-0.25, -0.2) is 8.42 Å². The van der Waals surface area contributed by atoms with Gasteiger partial charge in [-0.15, -0.1) is 0 Å². The van der Waals surface area contributed by atoms with Crippen molar-refractivity contribution >= 4 is 26.0 Å². The normalized spacial score (nSPS) is 19.5. The zero-order valence-corrected chi connectivity index (χ0v) is 13.4. The van der Waals surface area contributed by atoms with Crippen LogP contribution in [-0.4, -0.2) is 65.9 Å². The molecule has 1 fully saturated rings. The molecule has 0 amide bonds. The molecule has 0 saturated carbocycles. The number of rotatable bonds is 4. The SMILES string of the molecule is Cc1[nH]ncc1S(=O)(=O)N1CCCN(CCBr)CC1. The van der Waals surface area contributed by atoms with E-state index in [4.69, 9.17) is 0 Å². The second-order valence-corrected chi connectivity index (χ2v) is 7.35. The Morgan fingerprint density at radius 3 is 2.79 bits per heavy atom. The molecular weight excluding hydrogens is 332 g/mol. The van der Waals surface area contributed by atoms with Gasteiger partial charge in [-0.2, -0.15) is 9.40 Å². The average Bonchev–Trinajstić information content (AvgIpc) is 2.66. The lowest BCUT2D eigenvalue weighted by Gasteiger charge is -2.20. The summed E-state index contributed by atoms with van der Waals surface area (Å²) in [6, 6.07) is 0. The first-order valence-corrected chi connectivity index (χ1v) is 8.90. The summed E-state index contributed by atoms with van der Waals surface area (Å²) in [6.07, 6.45) is 2.26. The largest absolute Gasteiger partial charge is 0.301 e. The number of aromatic nitrogens is 2. The Morgan fingerprint density at radius 2 is 2.16 bits per heavy atom. The maximum absolute atomic E-state index is 12.5. The highest BCUT2D eigenvalue weighted by Crippen LogP contribution is 2.19. The Bertz CT molecular complexity index is 517. The molecule has 8 heteroatoms. The number of H-pyrrole nitrogens is 1. The van der Waals surface area contributed by atoms with Crippen molar-refractivity contribution in [2.75, 3.05) is 38.1 Å². The fourth-order valence-corrected chi connectivity index (χ4v) is 4.36. The van der Waals surface area contributed by atoms with Crippen molar-refractivity contribution in [2.24, 2.45) is 0 Å². The number of sulfonamides is 1. The third-order valence-electron chi connectivity index (χ3n) is 3.35. The predicted octanol–water partition coefficient (Wildman–Crippen LogP) is 0.809. The van der Waals surface area contributed by atoms with Crippen molar-refractivity contribution < 1.29 is 8.42 Å². The van der Waals surface area contributed by atoms with Gasteiger partial charge in [0.2, 0.25) is 10.0 Å². The molecule has 0 atom stereocenters. The van der Waals surface area contributed by atoms with Gasteiger partial charge < -0.3 is 4.90 Å². The highest BCUT2D eigenvalue weighted by Gasteiger charge is 2.28. The molecule has 1 aliphatic rings. The van der Waals surface area contributed by atoms with E-state index in [1.54, 1.807) is 11.2 Å². The molecule has 0 radical (unpaired) electrons. The van der Waals surface area contributed by atoms with Gasteiger partial charge in [0.25, 0.3) is 0 Å². The maximum atomic E-state index is 12.5. The molecule has 1 aromatic rings. The molecule has 0 spiro atoms. The highest BCUT2D eigenvalue weighted by molar-refractivity contribution is 9.09. The highest BCUT2D eigenvalue weighted by atomic mass is 79.9. The molecule has 1 N–H and O–H groups in total. The Morgan fingerprint density at radius 1 is 1.37 bits per heavy atom. The molecule has 0 aliphatic carbocycles. The molecule has 1 saturated heterocycles. The molecule has 1 aromatic heterocycles. The molecule has 2 rings (SSSR count). The van der Waals surface area contributed by atoms with E-state index in [1.807, 2.05) is 0 Å². The van der Waals surface area contributed by atoms with E-state index in [1.165, 1.54) is 6.20 Å². The van der Waals surface area contributed by atoms with Crippen LogP contribution in [0.3, 0.4) is 0 Å². The van der Waals surface area contributed by atoms with Gasteiger partial charge >= 0.3 is 0 Å². The third-order valence-corrected chi connectivity index (χ3v) is 5.72. The minimum atomic E-state index is -3.41. The van der Waals surface area contributed by atoms with Crippen molar-refractivity contribution in [3.8, 4) is 0 Å². The van der Waals surface area contributed by atoms with Crippen LogP contribution < -0.4 is 0 Å². The van der Waals surface area contributed by atoms with E-state index >= 15 is 0 Å². The molecular formula is C11H19BrN4O2S. The van der Waals surface area contributed by atoms with Crippen LogP contribution in [-0.2, 0) is 10.0 Å². The topological polar surface area (TPSA) is 69.3 Å². The Balaban J connectivity index is 2.12. The van der Waals surface area contributed by atoms with E-state index in [0.29, 0.717) is 23.7 Å². The summed E-state index contributed by atoms with van der Waals surface area (Å²) >= 11 is 3.42. The van der Waals surface area contributed by atoms with Gasteiger partial charge in [-0.05, 0) is 19.9 Å². The number of nitrogens with one attached hydrogen (secondary N) is 1. The van der Waals surface area contributed by atoms with Gasteiger partial charge in [-0.1, -0.05) is 15.9 Å². The number of hydrogen-bond donors (Lipinski definition) is 1. The molecule has 2 heterocycles. The monoisotopic (exact) mass is 350 g/mol. The molecule has 0 bridgehead atoms. The third kappa shape index (κ3) is 3.36. The molecule has 1 aliphatic heterocycles. The summed E-state index contributed by atoms with van der Waals surface area (Å²) in [6.45, 7) is 5.53. The van der Waals surface area contributed by atoms with Crippen molar-refractivity contribution in [1.29, 1.82) is 0 Å². The van der Waals surface area contributed by atoms with Gasteiger partial charge in [0.15, 0.2) is 0 Å². The van der Waals surface area contributed by atoms with Gasteiger partial charge in [0, 0.05) is 31.5 Å². The molecule has 6 nitrogen and oxygen atoms in total. The lowest BCUT2D eigenvalue weighted by molar-refractivity contribution is 0.305. The second-order valence-electron chi connectivity index (χ2n) is 4.65. The smallest absolute Gasteiger partial charge is 0.246 e. The average molecular weight is 351 g/mol. The number of halogens is 1. The van der Waals surface area contributed by atoms with Crippen molar-refractivity contribution in [3.05, 3.63) is 11.9 Å². The lowest BCUT2D eigenvalue weighted by Crippen LogP contribution is -2.35. The molecule has 19 heavy (non-hydrogen) atoms. The van der Waals surface area contributed by atoms with Crippen molar-refractivity contribution in [1.82, 2.24) is 19.4 Å². The second kappa shape index (κ2) is 6.34. The summed E-state index contributed by atoms with van der Waals surface area (Å²) in [5.41, 5.74) is 0.599. The minimum Gasteiger partial charge on any atom is -0.301 e. The van der Waals surface area contributed by atoms with E-state index in [9.17, 15) is 8.42 Å².